The van der Waals surface area contributed by atoms with Gasteiger partial charge in [0.15, 0.2) is 6.61 Å². The molecule has 11 nitrogen and oxygen atoms in total. The van der Waals surface area contributed by atoms with Gasteiger partial charge in [0.25, 0.3) is 11.6 Å². The predicted octanol–water partition coefficient (Wildman–Crippen LogP) is 2.32. The second-order valence-corrected chi connectivity index (χ2v) is 8.72. The molecule has 1 aliphatic heterocycles. The van der Waals surface area contributed by atoms with Crippen LogP contribution in [0.15, 0.2) is 46.9 Å². The van der Waals surface area contributed by atoms with E-state index in [9.17, 15) is 23.3 Å². The number of esters is 1. The first-order valence-electron chi connectivity index (χ1n) is 9.07. The lowest BCUT2D eigenvalue weighted by Gasteiger charge is -2.16. The van der Waals surface area contributed by atoms with Gasteiger partial charge in [-0.1, -0.05) is 0 Å². The van der Waals surface area contributed by atoms with Crippen molar-refractivity contribution in [1.29, 1.82) is 0 Å². The van der Waals surface area contributed by atoms with Crippen LogP contribution in [0.4, 0.5) is 11.4 Å². The molecule has 3 aromatic rings. The van der Waals surface area contributed by atoms with Gasteiger partial charge in [-0.2, -0.15) is 0 Å². The molecule has 12 heteroatoms. The Bertz CT molecular complexity index is 1270. The minimum absolute atomic E-state index is 0.0612. The molecule has 160 valence electrons. The number of nitrogens with zero attached hydrogens (tertiary/aromatic N) is 4. The van der Waals surface area contributed by atoms with Crippen molar-refractivity contribution in [2.45, 2.75) is 13.0 Å². The molecule has 1 aromatic heterocycles. The average molecular weight is 444 g/mol. The maximum atomic E-state index is 12.4. The first-order valence-corrected chi connectivity index (χ1v) is 10.9. The van der Waals surface area contributed by atoms with Crippen LogP contribution in [-0.2, 0) is 27.8 Å². The van der Waals surface area contributed by atoms with Gasteiger partial charge in [0.2, 0.25) is 15.9 Å². The summed E-state index contributed by atoms with van der Waals surface area (Å²) in [6.45, 7) is 0.0748. The Morgan fingerprint density at radius 1 is 1.23 bits per heavy atom. The van der Waals surface area contributed by atoms with Crippen molar-refractivity contribution in [3.05, 3.63) is 69.6 Å². The third-order valence-electron chi connectivity index (χ3n) is 4.69. The number of sulfonamides is 1. The number of carbonyl (C=O) groups is 1. The highest BCUT2D eigenvalue weighted by molar-refractivity contribution is 7.92. The highest BCUT2D eigenvalue weighted by atomic mass is 32.2. The standard InChI is InChI=1S/C19H16N4O7S/c1-31(27,28)22-9-8-13-10-14(4-7-16(13)22)19(24)29-11-17-20-21-18(30-17)12-2-5-15(6-3-12)23(25)26/h2-7,10H,8-9,11H2,1H3. The van der Waals surface area contributed by atoms with E-state index >= 15 is 0 Å². The molecule has 2 heterocycles. The van der Waals surface area contributed by atoms with Crippen LogP contribution in [0.5, 0.6) is 0 Å². The number of ether oxygens (including phenoxy) is 1. The van der Waals surface area contributed by atoms with Gasteiger partial charge in [0, 0.05) is 24.2 Å². The summed E-state index contributed by atoms with van der Waals surface area (Å²) in [6, 6.07) is 10.3. The Hall–Kier alpha value is -3.80. The summed E-state index contributed by atoms with van der Waals surface area (Å²) in [6.07, 6.45) is 1.64. The van der Waals surface area contributed by atoms with E-state index < -0.39 is 20.9 Å². The lowest BCUT2D eigenvalue weighted by Crippen LogP contribution is -2.27. The number of nitro benzene ring substituents is 1. The van der Waals surface area contributed by atoms with Gasteiger partial charge in [0.05, 0.1) is 22.4 Å². The van der Waals surface area contributed by atoms with E-state index in [1.165, 1.54) is 34.6 Å². The Morgan fingerprint density at radius 3 is 2.65 bits per heavy atom. The highest BCUT2D eigenvalue weighted by Crippen LogP contribution is 2.31. The van der Waals surface area contributed by atoms with Crippen molar-refractivity contribution in [1.82, 2.24) is 10.2 Å². The van der Waals surface area contributed by atoms with Crippen LogP contribution in [0.2, 0.25) is 0 Å². The van der Waals surface area contributed by atoms with Gasteiger partial charge < -0.3 is 9.15 Å². The van der Waals surface area contributed by atoms with Crippen LogP contribution in [0.3, 0.4) is 0 Å². The molecule has 0 N–H and O–H groups in total. The average Bonchev–Trinajstić information content (AvgIpc) is 3.38. The molecule has 4 rings (SSSR count). The smallest absolute Gasteiger partial charge is 0.338 e. The highest BCUT2D eigenvalue weighted by Gasteiger charge is 2.27. The quantitative estimate of drug-likeness (QED) is 0.317. The van der Waals surface area contributed by atoms with Crippen molar-refractivity contribution >= 4 is 27.4 Å². The number of anilines is 1. The molecule has 2 aromatic carbocycles. The van der Waals surface area contributed by atoms with Crippen LogP contribution in [0.25, 0.3) is 11.5 Å². The maximum absolute atomic E-state index is 12.4. The van der Waals surface area contributed by atoms with E-state index in [1.807, 2.05) is 0 Å². The normalized spacial score (nSPS) is 13.1. The van der Waals surface area contributed by atoms with Crippen molar-refractivity contribution in [2.75, 3.05) is 17.1 Å². The fourth-order valence-electron chi connectivity index (χ4n) is 3.21. The van der Waals surface area contributed by atoms with E-state index in [0.717, 1.165) is 11.8 Å². The summed E-state index contributed by atoms with van der Waals surface area (Å²) in [4.78, 5) is 22.6. The van der Waals surface area contributed by atoms with Crippen molar-refractivity contribution in [2.24, 2.45) is 0 Å². The molecule has 0 saturated carbocycles. The van der Waals surface area contributed by atoms with E-state index in [1.54, 1.807) is 12.1 Å². The zero-order valence-corrected chi connectivity index (χ0v) is 17.0. The number of carbonyl (C=O) groups excluding carboxylic acids is 1. The number of hydrogen-bond donors (Lipinski definition) is 0. The van der Waals surface area contributed by atoms with Gasteiger partial charge in [-0.15, -0.1) is 10.2 Å². The molecule has 0 fully saturated rings. The fraction of sp³-hybridized carbons (Fsp3) is 0.211. The zero-order valence-electron chi connectivity index (χ0n) is 16.2. The number of aromatic nitrogens is 2. The molecule has 0 radical (unpaired) electrons. The van der Waals surface area contributed by atoms with Crippen LogP contribution in [0.1, 0.15) is 21.8 Å². The predicted molar refractivity (Wildman–Crippen MR) is 108 cm³/mol. The molecule has 1 aliphatic rings. The van der Waals surface area contributed by atoms with Crippen LogP contribution < -0.4 is 4.31 Å². The SMILES string of the molecule is CS(=O)(=O)N1CCc2cc(C(=O)OCc3nnc(-c4ccc([N+](=O)[O-])cc4)o3)ccc21. The number of hydrogen-bond acceptors (Lipinski definition) is 9. The summed E-state index contributed by atoms with van der Waals surface area (Å²) in [5, 5.41) is 18.4. The van der Waals surface area contributed by atoms with Gasteiger partial charge in [0.1, 0.15) is 0 Å². The summed E-state index contributed by atoms with van der Waals surface area (Å²) in [5.41, 5.74) is 2.02. The molecule has 0 spiro atoms. The minimum Gasteiger partial charge on any atom is -0.452 e. The number of non-ortho nitro benzene ring substituents is 1. The summed E-state index contributed by atoms with van der Waals surface area (Å²) < 4.78 is 35.6. The van der Waals surface area contributed by atoms with Gasteiger partial charge in [-0.25, -0.2) is 13.2 Å². The fourth-order valence-corrected chi connectivity index (χ4v) is 4.17. The lowest BCUT2D eigenvalue weighted by molar-refractivity contribution is -0.384. The van der Waals surface area contributed by atoms with Crippen molar-refractivity contribution in [3.8, 4) is 11.5 Å². The first kappa shape index (κ1) is 20.5. The molecular formula is C19H16N4O7S. The van der Waals surface area contributed by atoms with Gasteiger partial charge in [-0.05, 0) is 42.3 Å². The molecular weight excluding hydrogens is 428 g/mol. The Labute approximate surface area is 176 Å². The third kappa shape index (κ3) is 4.23. The van der Waals surface area contributed by atoms with E-state index in [4.69, 9.17) is 9.15 Å². The van der Waals surface area contributed by atoms with Crippen LogP contribution >= 0.6 is 0 Å². The number of fused-ring (bicyclic) bond motifs is 1. The zero-order chi connectivity index (χ0) is 22.2. The van der Waals surface area contributed by atoms with E-state index in [-0.39, 0.29) is 29.6 Å². The molecule has 0 unspecified atom stereocenters. The number of benzene rings is 2. The molecule has 0 atom stereocenters. The summed E-state index contributed by atoms with van der Waals surface area (Å²) in [5.74, 6) is -0.416. The first-order chi connectivity index (χ1) is 14.7. The molecule has 0 amide bonds. The van der Waals surface area contributed by atoms with Gasteiger partial charge in [-0.3, -0.25) is 14.4 Å². The summed E-state index contributed by atoms with van der Waals surface area (Å²) in [7, 11) is -3.37. The molecule has 0 aliphatic carbocycles. The molecule has 31 heavy (non-hydrogen) atoms. The van der Waals surface area contributed by atoms with Crippen molar-refractivity contribution in [3.63, 3.8) is 0 Å². The number of nitro groups is 1. The second kappa shape index (κ2) is 7.80. The van der Waals surface area contributed by atoms with Crippen LogP contribution in [0, 0.1) is 10.1 Å². The Kier molecular flexibility index (Phi) is 5.15. The maximum Gasteiger partial charge on any atom is 0.338 e. The largest absolute Gasteiger partial charge is 0.452 e. The van der Waals surface area contributed by atoms with E-state index in [0.29, 0.717) is 24.2 Å². The van der Waals surface area contributed by atoms with Crippen LogP contribution in [-0.4, -0.2) is 42.3 Å². The molecule has 0 saturated heterocycles. The monoisotopic (exact) mass is 444 g/mol. The van der Waals surface area contributed by atoms with E-state index in [2.05, 4.69) is 10.2 Å². The number of rotatable bonds is 6. The topological polar surface area (TPSA) is 146 Å². The Morgan fingerprint density at radius 2 is 1.97 bits per heavy atom. The minimum atomic E-state index is -3.37. The Balaban J connectivity index is 1.41. The molecule has 0 bridgehead atoms. The second-order valence-electron chi connectivity index (χ2n) is 6.81. The van der Waals surface area contributed by atoms with Crippen molar-refractivity contribution < 1.29 is 27.3 Å². The third-order valence-corrected chi connectivity index (χ3v) is 5.87. The summed E-state index contributed by atoms with van der Waals surface area (Å²) >= 11 is 0. The van der Waals surface area contributed by atoms with Gasteiger partial charge >= 0.3 is 5.97 Å². The lowest BCUT2D eigenvalue weighted by atomic mass is 10.1.